The van der Waals surface area contributed by atoms with Crippen molar-refractivity contribution in [2.24, 2.45) is 0 Å². The molecule has 4 heavy (non-hydrogen) atoms. The van der Waals surface area contributed by atoms with Gasteiger partial charge in [0.05, 0.1) is 0 Å². The molecule has 0 aromatic carbocycles. The molecule has 0 aliphatic heterocycles. The first-order chi connectivity index (χ1) is 1.41. The molecule has 0 aromatic rings. The normalized spacial score (nSPS) is 4.50. The summed E-state index contributed by atoms with van der Waals surface area (Å²) in [6.07, 6.45) is 0. The topological polar surface area (TPSA) is 0 Å². The fraction of sp³-hybridized carbons (Fsp3) is 0.500. The van der Waals surface area contributed by atoms with Crippen molar-refractivity contribution >= 4 is 12.6 Å². The summed E-state index contributed by atoms with van der Waals surface area (Å²) in [5.41, 5.74) is 0. The Morgan fingerprint density at radius 3 is 1.75 bits per heavy atom. The Bertz CT molecular complexity index is 6.00. The van der Waals surface area contributed by atoms with Crippen LogP contribution in [0.4, 0.5) is 0 Å². The second-order valence-corrected chi connectivity index (χ2v) is 0.671. The van der Waals surface area contributed by atoms with Crippen molar-refractivity contribution in [2.45, 2.75) is 0 Å². The van der Waals surface area contributed by atoms with E-state index >= 15 is 0 Å². The van der Waals surface area contributed by atoms with E-state index in [1.165, 1.54) is 0 Å². The Morgan fingerprint density at radius 2 is 1.75 bits per heavy atom. The summed E-state index contributed by atoms with van der Waals surface area (Å²) in [6.45, 7) is 3.35. The van der Waals surface area contributed by atoms with E-state index in [1.807, 2.05) is 0 Å². The Kier molecular flexibility index (Phi) is 20.0. The van der Waals surface area contributed by atoms with E-state index < -0.39 is 0 Å². The van der Waals surface area contributed by atoms with Crippen LogP contribution in [-0.4, -0.2) is 5.75 Å². The molecule has 0 saturated carbocycles. The van der Waals surface area contributed by atoms with Gasteiger partial charge in [-0.3, -0.25) is 0 Å². The number of thiol groups is 1. The molecule has 0 atom stereocenters. The van der Waals surface area contributed by atoms with Crippen LogP contribution in [0.15, 0.2) is 0 Å². The molecular weight excluding hydrogens is 163 g/mol. The van der Waals surface area contributed by atoms with Crippen LogP contribution in [0, 0.1) is 6.92 Å². The SMILES string of the molecule is [CH2]CS.[Pd]. The van der Waals surface area contributed by atoms with Gasteiger partial charge in [0.25, 0.3) is 0 Å². The van der Waals surface area contributed by atoms with E-state index in [2.05, 4.69) is 19.6 Å². The van der Waals surface area contributed by atoms with Crippen molar-refractivity contribution in [1.29, 1.82) is 0 Å². The molecule has 2 heteroatoms. The Morgan fingerprint density at radius 1 is 1.75 bits per heavy atom. The van der Waals surface area contributed by atoms with Crippen LogP contribution < -0.4 is 0 Å². The minimum Gasteiger partial charge on any atom is -0.179 e. The first kappa shape index (κ1) is 8.89. The molecule has 0 saturated heterocycles. The molecular formula is C2H5PdS. The third-order valence-electron chi connectivity index (χ3n) is 0. The Labute approximate surface area is 46.0 Å². The van der Waals surface area contributed by atoms with Crippen molar-refractivity contribution < 1.29 is 20.4 Å². The third-order valence-corrected chi connectivity index (χ3v) is 0. The molecule has 0 aliphatic carbocycles. The van der Waals surface area contributed by atoms with Gasteiger partial charge in [0.1, 0.15) is 0 Å². The summed E-state index contributed by atoms with van der Waals surface area (Å²) in [5, 5.41) is 0. The fourth-order valence-corrected chi connectivity index (χ4v) is 0. The van der Waals surface area contributed by atoms with E-state index in [4.69, 9.17) is 0 Å². The summed E-state index contributed by atoms with van der Waals surface area (Å²) in [6, 6.07) is 0. The Balaban J connectivity index is 0. The maximum absolute atomic E-state index is 3.68. The molecule has 0 spiro atoms. The molecule has 0 rings (SSSR count). The van der Waals surface area contributed by atoms with Crippen LogP contribution in [0.3, 0.4) is 0 Å². The van der Waals surface area contributed by atoms with Gasteiger partial charge in [0.2, 0.25) is 0 Å². The number of hydrogen-bond acceptors (Lipinski definition) is 1. The molecule has 29 valence electrons. The first-order valence-corrected chi connectivity index (χ1v) is 1.45. The second-order valence-electron chi connectivity index (χ2n) is 0.224. The van der Waals surface area contributed by atoms with Gasteiger partial charge in [-0.15, -0.1) is 0 Å². The molecule has 0 heterocycles. The zero-order valence-electron chi connectivity index (χ0n) is 2.18. The number of rotatable bonds is 0. The molecule has 0 N–H and O–H groups in total. The largest absolute Gasteiger partial charge is 0.179 e. The zero-order valence-corrected chi connectivity index (χ0v) is 4.63. The molecule has 0 aliphatic rings. The summed E-state index contributed by atoms with van der Waals surface area (Å²) in [5.74, 6) is 0.694. The van der Waals surface area contributed by atoms with Gasteiger partial charge < -0.3 is 0 Å². The summed E-state index contributed by atoms with van der Waals surface area (Å²) >= 11 is 3.68. The number of hydrogen-bond donors (Lipinski definition) is 1. The fourth-order valence-electron chi connectivity index (χ4n) is 0. The van der Waals surface area contributed by atoms with E-state index in [0.717, 1.165) is 0 Å². The predicted octanol–water partition coefficient (Wildman–Crippen LogP) is 0.748. The smallest absolute Gasteiger partial charge is 0 e. The third kappa shape index (κ3) is 11.9. The van der Waals surface area contributed by atoms with Gasteiger partial charge in [-0.25, -0.2) is 0 Å². The van der Waals surface area contributed by atoms with E-state index in [0.29, 0.717) is 5.75 Å². The maximum atomic E-state index is 3.68. The maximum Gasteiger partial charge on any atom is 0 e. The van der Waals surface area contributed by atoms with Gasteiger partial charge in [-0.05, 0) is 12.7 Å². The molecule has 1 radical (unpaired) electrons. The standard InChI is InChI=1S/C2H5S.Pd/c1-2-3;/h3H,1-2H2;. The summed E-state index contributed by atoms with van der Waals surface area (Å²) in [7, 11) is 0. The second kappa shape index (κ2) is 8.99. The van der Waals surface area contributed by atoms with Crippen molar-refractivity contribution in [3.8, 4) is 0 Å². The van der Waals surface area contributed by atoms with Gasteiger partial charge in [0, 0.05) is 20.4 Å². The van der Waals surface area contributed by atoms with Crippen LogP contribution in [0.25, 0.3) is 0 Å². The Hall–Kier alpha value is 1.01. The van der Waals surface area contributed by atoms with Crippen LogP contribution in [0.2, 0.25) is 0 Å². The average Bonchev–Trinajstić information content (AvgIpc) is 0.918. The molecule has 0 nitrogen and oxygen atoms in total. The zero-order chi connectivity index (χ0) is 2.71. The van der Waals surface area contributed by atoms with Crippen molar-refractivity contribution in [1.82, 2.24) is 0 Å². The molecule has 0 unspecified atom stereocenters. The predicted molar refractivity (Wildman–Crippen MR) is 19.2 cm³/mol. The summed E-state index contributed by atoms with van der Waals surface area (Å²) < 4.78 is 0. The van der Waals surface area contributed by atoms with Crippen LogP contribution in [0.1, 0.15) is 0 Å². The minimum atomic E-state index is 0. The van der Waals surface area contributed by atoms with Gasteiger partial charge in [-0.1, -0.05) is 0 Å². The van der Waals surface area contributed by atoms with E-state index in [9.17, 15) is 0 Å². The van der Waals surface area contributed by atoms with Crippen LogP contribution in [0.5, 0.6) is 0 Å². The van der Waals surface area contributed by atoms with Crippen LogP contribution in [-0.2, 0) is 20.4 Å². The summed E-state index contributed by atoms with van der Waals surface area (Å²) in [4.78, 5) is 0. The first-order valence-electron chi connectivity index (χ1n) is 0.816. The van der Waals surface area contributed by atoms with Crippen LogP contribution >= 0.6 is 12.6 Å². The van der Waals surface area contributed by atoms with Crippen molar-refractivity contribution in [2.75, 3.05) is 5.75 Å². The van der Waals surface area contributed by atoms with E-state index in [1.54, 1.807) is 0 Å². The quantitative estimate of drug-likeness (QED) is 0.400. The molecule has 0 bridgehead atoms. The van der Waals surface area contributed by atoms with Gasteiger partial charge >= 0.3 is 0 Å². The molecule has 0 amide bonds. The van der Waals surface area contributed by atoms with Crippen molar-refractivity contribution in [3.05, 3.63) is 6.92 Å². The monoisotopic (exact) mass is 167 g/mol. The van der Waals surface area contributed by atoms with Crippen molar-refractivity contribution in [3.63, 3.8) is 0 Å². The molecule has 0 fully saturated rings. The molecule has 0 aromatic heterocycles. The average molecular weight is 168 g/mol. The van der Waals surface area contributed by atoms with E-state index in [-0.39, 0.29) is 20.4 Å². The van der Waals surface area contributed by atoms with Gasteiger partial charge in [0.15, 0.2) is 0 Å². The minimum absolute atomic E-state index is 0. The van der Waals surface area contributed by atoms with Gasteiger partial charge in [-0.2, -0.15) is 12.6 Å².